The molecular weight excluding hydrogens is 330 g/mol. The minimum absolute atomic E-state index is 0.447. The summed E-state index contributed by atoms with van der Waals surface area (Å²) in [5.74, 6) is 0. The number of sulfonamides is 1. The average molecular weight is 351 g/mol. The lowest BCUT2D eigenvalue weighted by molar-refractivity contribution is 0.597. The van der Waals surface area contributed by atoms with Crippen LogP contribution in [-0.2, 0) is 22.9 Å². The van der Waals surface area contributed by atoms with Gasteiger partial charge in [0.25, 0.3) is 0 Å². The van der Waals surface area contributed by atoms with E-state index < -0.39 is 10.0 Å². The standard InChI is InChI=1S/C18H16.C3H5NO2S/c1-3-7-15-13(5-1)9-11-18-16-8-4-2-6-14(16)10-12-17(15)18;5-7(6)3-1-2-4-7/h1,3,5,7,9-12H,2,4,6,8H2;1,3-4H,2H2. The third kappa shape index (κ3) is 3.32. The fraction of sp³-hybridized carbons (Fsp3) is 0.238. The molecule has 0 spiro atoms. The van der Waals surface area contributed by atoms with E-state index in [1.54, 1.807) is 17.2 Å². The monoisotopic (exact) mass is 351 g/mol. The normalized spacial score (nSPS) is 17.9. The Kier molecular flexibility index (Phi) is 4.32. The van der Waals surface area contributed by atoms with Gasteiger partial charge < -0.3 is 0 Å². The van der Waals surface area contributed by atoms with Crippen molar-refractivity contribution >= 4 is 31.6 Å². The van der Waals surface area contributed by atoms with Gasteiger partial charge in [-0.25, -0.2) is 13.1 Å². The topological polar surface area (TPSA) is 46.2 Å². The van der Waals surface area contributed by atoms with Crippen LogP contribution in [0.15, 0.2) is 60.0 Å². The number of nitrogens with one attached hydrogen (secondary N) is 1. The summed E-state index contributed by atoms with van der Waals surface area (Å²) in [6, 6.07) is 18.0. The van der Waals surface area contributed by atoms with Crippen LogP contribution < -0.4 is 4.72 Å². The molecule has 128 valence electrons. The molecule has 3 aromatic rings. The van der Waals surface area contributed by atoms with Gasteiger partial charge in [0.1, 0.15) is 0 Å². The van der Waals surface area contributed by atoms with Crippen LogP contribution in [0.1, 0.15) is 24.0 Å². The highest BCUT2D eigenvalue weighted by atomic mass is 32.2. The van der Waals surface area contributed by atoms with Crippen LogP contribution in [0.2, 0.25) is 0 Å². The Hall–Kier alpha value is -2.17. The van der Waals surface area contributed by atoms with Crippen molar-refractivity contribution in [3.63, 3.8) is 0 Å². The van der Waals surface area contributed by atoms with E-state index in [0.717, 1.165) is 5.41 Å². The Morgan fingerprint density at radius 3 is 2.36 bits per heavy atom. The van der Waals surface area contributed by atoms with Crippen LogP contribution in [0.25, 0.3) is 21.5 Å². The number of rotatable bonds is 0. The van der Waals surface area contributed by atoms with Gasteiger partial charge in [0.2, 0.25) is 10.0 Å². The number of hydrogen-bond donors (Lipinski definition) is 1. The fourth-order valence-corrected chi connectivity index (χ4v) is 4.50. The molecule has 0 aromatic heterocycles. The zero-order valence-electron chi connectivity index (χ0n) is 14.0. The van der Waals surface area contributed by atoms with Crippen molar-refractivity contribution in [1.82, 2.24) is 4.72 Å². The van der Waals surface area contributed by atoms with Crippen molar-refractivity contribution in [2.24, 2.45) is 0 Å². The maximum atomic E-state index is 10.2. The molecule has 0 saturated heterocycles. The maximum Gasteiger partial charge on any atom is 0.233 e. The Morgan fingerprint density at radius 2 is 1.60 bits per heavy atom. The number of fused-ring (bicyclic) bond motifs is 5. The molecule has 0 fully saturated rings. The van der Waals surface area contributed by atoms with E-state index in [0.29, 0.717) is 6.54 Å². The van der Waals surface area contributed by atoms with Crippen LogP contribution in [0.3, 0.4) is 0 Å². The summed E-state index contributed by atoms with van der Waals surface area (Å²) >= 11 is 0. The van der Waals surface area contributed by atoms with Gasteiger partial charge in [-0.2, -0.15) is 0 Å². The van der Waals surface area contributed by atoms with Gasteiger partial charge in [0, 0.05) is 12.0 Å². The van der Waals surface area contributed by atoms with Crippen LogP contribution >= 0.6 is 0 Å². The van der Waals surface area contributed by atoms with Crippen molar-refractivity contribution < 1.29 is 8.42 Å². The molecule has 0 atom stereocenters. The Bertz CT molecular complexity index is 1070. The molecule has 1 N–H and O–H groups in total. The Morgan fingerprint density at radius 1 is 0.800 bits per heavy atom. The molecule has 0 amide bonds. The molecule has 0 radical (unpaired) electrons. The van der Waals surface area contributed by atoms with Gasteiger partial charge >= 0.3 is 0 Å². The summed E-state index contributed by atoms with van der Waals surface area (Å²) in [7, 11) is -2.98. The van der Waals surface area contributed by atoms with E-state index in [1.165, 1.54) is 47.2 Å². The van der Waals surface area contributed by atoms with E-state index in [9.17, 15) is 8.42 Å². The summed E-state index contributed by atoms with van der Waals surface area (Å²) in [5, 5.41) is 6.80. The summed E-state index contributed by atoms with van der Waals surface area (Å²) in [6.07, 6.45) is 6.78. The van der Waals surface area contributed by atoms with Gasteiger partial charge in [0.05, 0.1) is 0 Å². The molecular formula is C21H21NO2S. The SMILES string of the molecule is O=S1(=O)C=CCN1.c1ccc2c(c1)ccc1c3c(ccc12)CCCC3. The third-order valence-corrected chi connectivity index (χ3v) is 6.06. The smallest absolute Gasteiger partial charge is 0.208 e. The second kappa shape index (κ2) is 6.62. The molecule has 0 bridgehead atoms. The third-order valence-electron chi connectivity index (χ3n) is 4.94. The van der Waals surface area contributed by atoms with Crippen molar-refractivity contribution in [2.45, 2.75) is 25.7 Å². The zero-order valence-corrected chi connectivity index (χ0v) is 14.9. The first-order valence-corrected chi connectivity index (χ1v) is 10.3. The minimum Gasteiger partial charge on any atom is -0.208 e. The quantitative estimate of drug-likeness (QED) is 0.614. The molecule has 2 aliphatic rings. The van der Waals surface area contributed by atoms with Gasteiger partial charge in [-0.15, -0.1) is 0 Å². The second-order valence-electron chi connectivity index (χ2n) is 6.56. The summed E-state index contributed by atoms with van der Waals surface area (Å²) in [4.78, 5) is 0. The molecule has 5 rings (SSSR count). The highest BCUT2D eigenvalue weighted by Gasteiger charge is 2.13. The minimum atomic E-state index is -2.98. The van der Waals surface area contributed by atoms with E-state index in [4.69, 9.17) is 0 Å². The van der Waals surface area contributed by atoms with Crippen molar-refractivity contribution in [3.8, 4) is 0 Å². The molecule has 0 unspecified atom stereocenters. The average Bonchev–Trinajstić information content (AvgIpc) is 3.06. The first-order chi connectivity index (χ1) is 12.1. The van der Waals surface area contributed by atoms with Crippen molar-refractivity contribution in [1.29, 1.82) is 0 Å². The molecule has 3 aromatic carbocycles. The Labute approximate surface area is 148 Å². The van der Waals surface area contributed by atoms with Crippen molar-refractivity contribution in [3.05, 3.63) is 71.1 Å². The first-order valence-electron chi connectivity index (χ1n) is 8.72. The number of hydrogen-bond acceptors (Lipinski definition) is 2. The van der Waals surface area contributed by atoms with Crippen molar-refractivity contribution in [2.75, 3.05) is 6.54 Å². The van der Waals surface area contributed by atoms with Crippen LogP contribution in [-0.4, -0.2) is 15.0 Å². The summed E-state index contributed by atoms with van der Waals surface area (Å²) in [5.41, 5.74) is 3.17. The van der Waals surface area contributed by atoms with Crippen LogP contribution in [0.4, 0.5) is 0 Å². The maximum absolute atomic E-state index is 10.2. The van der Waals surface area contributed by atoms with E-state index in [2.05, 4.69) is 53.3 Å². The highest BCUT2D eigenvalue weighted by molar-refractivity contribution is 7.92. The lowest BCUT2D eigenvalue weighted by Gasteiger charge is -2.18. The summed E-state index contributed by atoms with van der Waals surface area (Å²) < 4.78 is 22.7. The van der Waals surface area contributed by atoms with Gasteiger partial charge in [-0.1, -0.05) is 54.6 Å². The summed E-state index contributed by atoms with van der Waals surface area (Å²) in [6.45, 7) is 0.447. The fourth-order valence-electron chi connectivity index (χ4n) is 3.73. The molecule has 1 heterocycles. The molecule has 1 aliphatic carbocycles. The highest BCUT2D eigenvalue weighted by Crippen LogP contribution is 2.33. The van der Waals surface area contributed by atoms with Gasteiger partial charge in [-0.05, 0) is 58.4 Å². The molecule has 4 heteroatoms. The lowest BCUT2D eigenvalue weighted by Crippen LogP contribution is -2.14. The van der Waals surface area contributed by atoms with Crippen LogP contribution in [0, 0.1) is 0 Å². The number of aryl methyl sites for hydroxylation is 2. The van der Waals surface area contributed by atoms with E-state index >= 15 is 0 Å². The van der Waals surface area contributed by atoms with E-state index in [-0.39, 0.29) is 0 Å². The lowest BCUT2D eigenvalue weighted by atomic mass is 9.86. The molecule has 3 nitrogen and oxygen atoms in total. The Balaban J connectivity index is 0.000000190. The first kappa shape index (κ1) is 16.3. The number of benzene rings is 3. The van der Waals surface area contributed by atoms with Crippen LogP contribution in [0.5, 0.6) is 0 Å². The predicted molar refractivity (Wildman–Crippen MR) is 104 cm³/mol. The largest absolute Gasteiger partial charge is 0.233 e. The predicted octanol–water partition coefficient (Wildman–Crippen LogP) is 4.30. The molecule has 0 saturated carbocycles. The molecule has 25 heavy (non-hydrogen) atoms. The van der Waals surface area contributed by atoms with E-state index in [1.807, 2.05) is 0 Å². The molecule has 1 aliphatic heterocycles. The van der Waals surface area contributed by atoms with Gasteiger partial charge in [-0.3, -0.25) is 0 Å². The second-order valence-corrected chi connectivity index (χ2v) is 8.21. The van der Waals surface area contributed by atoms with Gasteiger partial charge in [0.15, 0.2) is 0 Å². The zero-order chi connectivity index (χ0) is 17.3.